The van der Waals surface area contributed by atoms with E-state index >= 15 is 0 Å². The molecule has 0 aliphatic carbocycles. The van der Waals surface area contributed by atoms with Gasteiger partial charge in [-0.15, -0.1) is 0 Å². The number of aryl methyl sites for hydroxylation is 3. The highest BCUT2D eigenvalue weighted by Crippen LogP contribution is 2.27. The molecule has 1 N–H and O–H groups in total. The minimum atomic E-state index is -0.588. The van der Waals surface area contributed by atoms with Crippen LogP contribution >= 0.6 is 0 Å². The molecule has 0 spiro atoms. The topological polar surface area (TPSA) is 85.6 Å². The van der Waals surface area contributed by atoms with Crippen molar-refractivity contribution in [2.75, 3.05) is 6.54 Å². The van der Waals surface area contributed by atoms with Gasteiger partial charge in [0.05, 0.1) is 0 Å². The number of fused-ring (bicyclic) bond motifs is 1. The van der Waals surface area contributed by atoms with Crippen LogP contribution in [0.1, 0.15) is 57.9 Å². The fourth-order valence-electron chi connectivity index (χ4n) is 3.48. The van der Waals surface area contributed by atoms with Gasteiger partial charge < -0.3 is 14.5 Å². The Hall–Kier alpha value is -3.41. The van der Waals surface area contributed by atoms with Gasteiger partial charge in [-0.1, -0.05) is 19.9 Å². The van der Waals surface area contributed by atoms with E-state index in [1.54, 1.807) is 12.1 Å². The Morgan fingerprint density at radius 2 is 1.74 bits per heavy atom. The minimum absolute atomic E-state index is 0.0823. The summed E-state index contributed by atoms with van der Waals surface area (Å²) in [5, 5.41) is 3.30. The predicted molar refractivity (Wildman–Crippen MR) is 119 cm³/mol. The van der Waals surface area contributed by atoms with E-state index in [4.69, 9.17) is 9.15 Å². The zero-order valence-corrected chi connectivity index (χ0v) is 18.5. The largest absolute Gasteiger partial charge is 0.459 e. The third-order valence-electron chi connectivity index (χ3n) is 5.39. The van der Waals surface area contributed by atoms with E-state index in [1.165, 1.54) is 6.07 Å². The first kappa shape index (κ1) is 22.3. The molecular formula is C25H27NO5. The molecule has 0 aliphatic heterocycles. The lowest BCUT2D eigenvalue weighted by Crippen LogP contribution is -2.30. The van der Waals surface area contributed by atoms with Crippen LogP contribution in [0, 0.1) is 20.8 Å². The van der Waals surface area contributed by atoms with Crippen LogP contribution < -0.4 is 10.9 Å². The van der Waals surface area contributed by atoms with Crippen LogP contribution in [-0.4, -0.2) is 18.4 Å². The molecule has 1 heterocycles. The third kappa shape index (κ3) is 5.20. The van der Waals surface area contributed by atoms with Gasteiger partial charge in [-0.2, -0.15) is 0 Å². The van der Waals surface area contributed by atoms with E-state index < -0.39 is 11.6 Å². The van der Waals surface area contributed by atoms with Gasteiger partial charge in [0, 0.05) is 22.6 Å². The van der Waals surface area contributed by atoms with E-state index in [0.717, 1.165) is 27.6 Å². The maximum absolute atomic E-state index is 12.3. The molecular weight excluding hydrogens is 394 g/mol. The maximum Gasteiger partial charge on any atom is 0.336 e. The number of nitrogens with one attached hydrogen (secondary N) is 1. The van der Waals surface area contributed by atoms with Crippen LogP contribution in [0.5, 0.6) is 0 Å². The molecule has 162 valence electrons. The van der Waals surface area contributed by atoms with E-state index in [2.05, 4.69) is 19.2 Å². The summed E-state index contributed by atoms with van der Waals surface area (Å²) >= 11 is 0. The van der Waals surface area contributed by atoms with Crippen molar-refractivity contribution in [2.45, 2.75) is 47.1 Å². The highest BCUT2D eigenvalue weighted by atomic mass is 16.5. The van der Waals surface area contributed by atoms with Crippen LogP contribution in [-0.2, 0) is 16.1 Å². The lowest BCUT2D eigenvalue weighted by Gasteiger charge is -2.13. The van der Waals surface area contributed by atoms with Crippen molar-refractivity contribution in [1.29, 1.82) is 0 Å². The molecule has 0 radical (unpaired) electrons. The number of ether oxygens (including phenoxy) is 1. The molecule has 1 amide bonds. The molecule has 31 heavy (non-hydrogen) atoms. The fourth-order valence-corrected chi connectivity index (χ4v) is 3.48. The SMILES string of the molecule is Cc1ccc(C(=O)NCC(=O)OCc2cc(=O)oc3cc(C)c(C(C)C)cc23)cc1C. The Kier molecular flexibility index (Phi) is 6.59. The van der Waals surface area contributed by atoms with Gasteiger partial charge in [0.15, 0.2) is 0 Å². The van der Waals surface area contributed by atoms with Crippen molar-refractivity contribution in [3.05, 3.63) is 80.2 Å². The summed E-state index contributed by atoms with van der Waals surface area (Å²) in [6.07, 6.45) is 0. The summed E-state index contributed by atoms with van der Waals surface area (Å²) in [5.74, 6) is -0.634. The molecule has 0 unspecified atom stereocenters. The molecule has 0 saturated heterocycles. The molecule has 3 rings (SSSR count). The molecule has 0 aliphatic rings. The Bertz CT molecular complexity index is 1210. The summed E-state index contributed by atoms with van der Waals surface area (Å²) in [4.78, 5) is 36.4. The van der Waals surface area contributed by atoms with Crippen LogP contribution in [0.2, 0.25) is 0 Å². The van der Waals surface area contributed by atoms with Crippen LogP contribution in [0.15, 0.2) is 45.6 Å². The summed E-state index contributed by atoms with van der Waals surface area (Å²) in [5.41, 5.74) is 5.28. The van der Waals surface area contributed by atoms with E-state index in [1.807, 2.05) is 39.0 Å². The zero-order valence-electron chi connectivity index (χ0n) is 18.5. The van der Waals surface area contributed by atoms with Crippen molar-refractivity contribution in [1.82, 2.24) is 5.32 Å². The van der Waals surface area contributed by atoms with E-state index in [0.29, 0.717) is 22.6 Å². The third-order valence-corrected chi connectivity index (χ3v) is 5.39. The summed E-state index contributed by atoms with van der Waals surface area (Å²) in [6.45, 7) is 9.69. The number of hydrogen-bond acceptors (Lipinski definition) is 5. The number of benzene rings is 2. The Balaban J connectivity index is 1.69. The monoisotopic (exact) mass is 421 g/mol. The number of carbonyl (C=O) groups is 2. The van der Waals surface area contributed by atoms with Crippen LogP contribution in [0.25, 0.3) is 11.0 Å². The first-order valence-electron chi connectivity index (χ1n) is 10.2. The molecule has 0 saturated carbocycles. The Morgan fingerprint density at radius 1 is 1.00 bits per heavy atom. The van der Waals surface area contributed by atoms with Gasteiger partial charge in [0.1, 0.15) is 18.7 Å². The molecule has 0 bridgehead atoms. The molecule has 6 heteroatoms. The number of hydrogen-bond donors (Lipinski definition) is 1. The van der Waals surface area contributed by atoms with Crippen molar-refractivity contribution in [2.24, 2.45) is 0 Å². The highest BCUT2D eigenvalue weighted by Gasteiger charge is 2.14. The van der Waals surface area contributed by atoms with Crippen molar-refractivity contribution >= 4 is 22.8 Å². The van der Waals surface area contributed by atoms with Gasteiger partial charge in [0.2, 0.25) is 0 Å². The van der Waals surface area contributed by atoms with Gasteiger partial charge in [0.25, 0.3) is 5.91 Å². The fraction of sp³-hybridized carbons (Fsp3) is 0.320. The van der Waals surface area contributed by atoms with Crippen molar-refractivity contribution in [3.8, 4) is 0 Å². The number of esters is 1. The quantitative estimate of drug-likeness (QED) is 0.473. The van der Waals surface area contributed by atoms with Crippen LogP contribution in [0.4, 0.5) is 0 Å². The normalized spacial score (nSPS) is 11.0. The van der Waals surface area contributed by atoms with Gasteiger partial charge in [-0.05, 0) is 73.2 Å². The molecule has 3 aromatic rings. The average Bonchev–Trinajstić information content (AvgIpc) is 2.71. The second-order valence-electron chi connectivity index (χ2n) is 8.09. The van der Waals surface area contributed by atoms with Crippen molar-refractivity contribution in [3.63, 3.8) is 0 Å². The summed E-state index contributed by atoms with van der Waals surface area (Å²) < 4.78 is 10.6. The van der Waals surface area contributed by atoms with Gasteiger partial charge >= 0.3 is 11.6 Å². The minimum Gasteiger partial charge on any atom is -0.459 e. The van der Waals surface area contributed by atoms with Crippen molar-refractivity contribution < 1.29 is 18.7 Å². The number of rotatable bonds is 6. The highest BCUT2D eigenvalue weighted by molar-refractivity contribution is 5.96. The van der Waals surface area contributed by atoms with E-state index in [-0.39, 0.29) is 19.1 Å². The average molecular weight is 421 g/mol. The first-order chi connectivity index (χ1) is 14.7. The van der Waals surface area contributed by atoms with Gasteiger partial charge in [-0.3, -0.25) is 9.59 Å². The molecule has 0 fully saturated rings. The molecule has 6 nitrogen and oxygen atoms in total. The number of amides is 1. The maximum atomic E-state index is 12.3. The van der Waals surface area contributed by atoms with Crippen LogP contribution in [0.3, 0.4) is 0 Å². The van der Waals surface area contributed by atoms with E-state index in [9.17, 15) is 14.4 Å². The second kappa shape index (κ2) is 9.16. The predicted octanol–water partition coefficient (Wildman–Crippen LogP) is 4.31. The Morgan fingerprint density at radius 3 is 2.42 bits per heavy atom. The number of carbonyl (C=O) groups excluding carboxylic acids is 2. The lowest BCUT2D eigenvalue weighted by molar-refractivity contribution is -0.143. The zero-order chi connectivity index (χ0) is 22.7. The summed E-state index contributed by atoms with van der Waals surface area (Å²) in [7, 11) is 0. The Labute approximate surface area is 181 Å². The first-order valence-corrected chi connectivity index (χ1v) is 10.2. The van der Waals surface area contributed by atoms with Gasteiger partial charge in [-0.25, -0.2) is 4.79 Å². The summed E-state index contributed by atoms with van der Waals surface area (Å²) in [6, 6.07) is 10.5. The lowest BCUT2D eigenvalue weighted by atomic mass is 9.95. The molecule has 1 aromatic heterocycles. The molecule has 0 atom stereocenters. The standard InChI is InChI=1S/C25H27NO5/c1-14(2)20-11-21-19(10-23(27)31-22(21)9-17(20)5)13-30-24(28)12-26-25(29)18-7-6-15(3)16(4)8-18/h6-11,14H,12-13H2,1-5H3,(H,26,29). The second-order valence-corrected chi connectivity index (χ2v) is 8.09. The molecule has 2 aromatic carbocycles. The smallest absolute Gasteiger partial charge is 0.336 e.